The molecule has 2 aromatic carbocycles. The average molecular weight is 490 g/mol. The van der Waals surface area contributed by atoms with Crippen LogP contribution in [-0.2, 0) is 22.9 Å². The molecule has 32 heavy (non-hydrogen) atoms. The summed E-state index contributed by atoms with van der Waals surface area (Å²) in [6.07, 6.45) is 1.50. The molecular weight excluding hydrogens is 473 g/mol. The molecule has 0 N–H and O–H groups in total. The van der Waals surface area contributed by atoms with Gasteiger partial charge in [0.25, 0.3) is 5.91 Å². The number of rotatable bonds is 7. The van der Waals surface area contributed by atoms with E-state index in [0.29, 0.717) is 21.4 Å². The summed E-state index contributed by atoms with van der Waals surface area (Å²) in [5.74, 6) is -0.0785. The molecule has 2 aromatic heterocycles. The molecule has 0 fully saturated rings. The minimum absolute atomic E-state index is 0.0775. The van der Waals surface area contributed by atoms with E-state index in [-0.39, 0.29) is 28.8 Å². The van der Waals surface area contributed by atoms with Gasteiger partial charge in [-0.25, -0.2) is 8.42 Å². The molecule has 0 radical (unpaired) electrons. The molecule has 0 spiro atoms. The highest BCUT2D eigenvalue weighted by Gasteiger charge is 2.26. The lowest BCUT2D eigenvalue weighted by atomic mass is 10.2. The van der Waals surface area contributed by atoms with Crippen molar-refractivity contribution in [2.45, 2.75) is 23.1 Å². The lowest BCUT2D eigenvalue weighted by Gasteiger charge is -2.21. The van der Waals surface area contributed by atoms with Crippen molar-refractivity contribution in [2.75, 3.05) is 0 Å². The first-order valence-corrected chi connectivity index (χ1v) is 11.7. The molecule has 0 aliphatic carbocycles. The van der Waals surface area contributed by atoms with Crippen molar-refractivity contribution in [1.82, 2.24) is 4.90 Å². The van der Waals surface area contributed by atoms with Crippen molar-refractivity contribution in [3.63, 3.8) is 0 Å². The zero-order chi connectivity index (χ0) is 22.7. The van der Waals surface area contributed by atoms with E-state index in [1.807, 2.05) is 0 Å². The Morgan fingerprint density at radius 2 is 1.69 bits per heavy atom. The molecule has 4 rings (SSSR count). The SMILES string of the molecule is O=C(c1ccc(S(=O)(=O)c2ccccc2)o1)N(Cc1ccco1)Cc1ccc(Cl)cc1Cl. The van der Waals surface area contributed by atoms with Crippen LogP contribution in [0, 0.1) is 0 Å². The van der Waals surface area contributed by atoms with Crippen molar-refractivity contribution in [3.8, 4) is 0 Å². The summed E-state index contributed by atoms with van der Waals surface area (Å²) in [6, 6.07) is 18.9. The molecule has 4 aromatic rings. The molecule has 1 amide bonds. The van der Waals surface area contributed by atoms with Crippen LogP contribution in [0.25, 0.3) is 0 Å². The van der Waals surface area contributed by atoms with Crippen LogP contribution in [0.1, 0.15) is 21.9 Å². The second-order valence-corrected chi connectivity index (χ2v) is 9.64. The van der Waals surface area contributed by atoms with Crippen LogP contribution in [0.3, 0.4) is 0 Å². The largest absolute Gasteiger partial charge is 0.467 e. The quantitative estimate of drug-likeness (QED) is 0.325. The first kappa shape index (κ1) is 22.2. The molecule has 0 saturated carbocycles. The molecule has 0 saturated heterocycles. The molecule has 0 aliphatic rings. The second-order valence-electron chi connectivity index (χ2n) is 6.91. The maximum atomic E-state index is 13.3. The van der Waals surface area contributed by atoms with Crippen LogP contribution in [0.4, 0.5) is 0 Å². The standard InChI is InChI=1S/C23H17Cl2NO5S/c24-17-9-8-16(20(25)13-17)14-26(15-18-5-4-12-30-18)23(27)21-10-11-22(31-21)32(28,29)19-6-2-1-3-7-19/h1-13H,14-15H2. The predicted molar refractivity (Wildman–Crippen MR) is 119 cm³/mol. The summed E-state index contributed by atoms with van der Waals surface area (Å²) in [5.41, 5.74) is 0.666. The van der Waals surface area contributed by atoms with Gasteiger partial charge in [0.15, 0.2) is 5.76 Å². The highest BCUT2D eigenvalue weighted by atomic mass is 35.5. The number of halogens is 2. The van der Waals surface area contributed by atoms with Crippen LogP contribution in [0.15, 0.2) is 97.9 Å². The first-order valence-electron chi connectivity index (χ1n) is 9.50. The maximum absolute atomic E-state index is 13.3. The highest BCUT2D eigenvalue weighted by Crippen LogP contribution is 2.26. The van der Waals surface area contributed by atoms with E-state index in [4.69, 9.17) is 32.0 Å². The van der Waals surface area contributed by atoms with Gasteiger partial charge in [0.2, 0.25) is 14.9 Å². The van der Waals surface area contributed by atoms with Gasteiger partial charge >= 0.3 is 0 Å². The van der Waals surface area contributed by atoms with Crippen LogP contribution in [0.2, 0.25) is 10.0 Å². The summed E-state index contributed by atoms with van der Waals surface area (Å²) in [7, 11) is -3.89. The summed E-state index contributed by atoms with van der Waals surface area (Å²) in [4.78, 5) is 14.8. The fraction of sp³-hybridized carbons (Fsp3) is 0.0870. The first-order chi connectivity index (χ1) is 15.3. The van der Waals surface area contributed by atoms with Gasteiger partial charge in [-0.3, -0.25) is 4.79 Å². The zero-order valence-electron chi connectivity index (χ0n) is 16.6. The van der Waals surface area contributed by atoms with Crippen LogP contribution in [0.5, 0.6) is 0 Å². The van der Waals surface area contributed by atoms with E-state index in [0.717, 1.165) is 0 Å². The molecule has 0 atom stereocenters. The zero-order valence-corrected chi connectivity index (χ0v) is 18.9. The normalized spacial score (nSPS) is 11.4. The number of hydrogen-bond donors (Lipinski definition) is 0. The number of carbonyl (C=O) groups excluding carboxylic acids is 1. The molecular formula is C23H17Cl2NO5S. The molecule has 164 valence electrons. The Morgan fingerprint density at radius 1 is 0.906 bits per heavy atom. The molecule has 0 aliphatic heterocycles. The number of carbonyl (C=O) groups is 1. The minimum Gasteiger partial charge on any atom is -0.467 e. The lowest BCUT2D eigenvalue weighted by molar-refractivity contribution is 0.0679. The highest BCUT2D eigenvalue weighted by molar-refractivity contribution is 7.91. The molecule has 2 heterocycles. The maximum Gasteiger partial charge on any atom is 0.290 e. The van der Waals surface area contributed by atoms with Crippen molar-refractivity contribution in [2.24, 2.45) is 0 Å². The lowest BCUT2D eigenvalue weighted by Crippen LogP contribution is -2.29. The Kier molecular flexibility index (Phi) is 6.41. The van der Waals surface area contributed by atoms with E-state index in [1.54, 1.807) is 48.5 Å². The number of amides is 1. The van der Waals surface area contributed by atoms with Gasteiger partial charge in [-0.2, -0.15) is 0 Å². The van der Waals surface area contributed by atoms with Crippen molar-refractivity contribution < 1.29 is 22.0 Å². The predicted octanol–water partition coefficient (Wildman–Crippen LogP) is 5.85. The number of sulfone groups is 1. The van der Waals surface area contributed by atoms with Gasteiger partial charge in [-0.05, 0) is 54.1 Å². The fourth-order valence-electron chi connectivity index (χ4n) is 3.10. The second kappa shape index (κ2) is 9.24. The summed E-state index contributed by atoms with van der Waals surface area (Å²) in [6.45, 7) is 0.267. The number of furan rings is 2. The Bertz CT molecular complexity index is 1330. The number of benzene rings is 2. The third-order valence-electron chi connectivity index (χ3n) is 4.70. The van der Waals surface area contributed by atoms with Crippen LogP contribution >= 0.6 is 23.2 Å². The van der Waals surface area contributed by atoms with Gasteiger partial charge in [-0.15, -0.1) is 0 Å². The summed E-state index contributed by atoms with van der Waals surface area (Å²) < 4.78 is 36.5. The minimum atomic E-state index is -3.89. The smallest absolute Gasteiger partial charge is 0.290 e. The van der Waals surface area contributed by atoms with Gasteiger partial charge in [0, 0.05) is 16.6 Å². The Morgan fingerprint density at radius 3 is 2.38 bits per heavy atom. The van der Waals surface area contributed by atoms with E-state index in [2.05, 4.69) is 0 Å². The van der Waals surface area contributed by atoms with E-state index < -0.39 is 15.7 Å². The molecule has 0 bridgehead atoms. The van der Waals surface area contributed by atoms with Crippen molar-refractivity contribution in [3.05, 3.63) is 106 Å². The number of hydrogen-bond acceptors (Lipinski definition) is 5. The Labute approximate surface area is 194 Å². The molecule has 6 nitrogen and oxygen atoms in total. The summed E-state index contributed by atoms with van der Waals surface area (Å²) in [5, 5.41) is 0.570. The van der Waals surface area contributed by atoms with Gasteiger partial charge in [0.05, 0.1) is 17.7 Å². The average Bonchev–Trinajstić information content (AvgIpc) is 3.48. The van der Waals surface area contributed by atoms with Crippen LogP contribution in [-0.4, -0.2) is 19.2 Å². The van der Waals surface area contributed by atoms with E-state index >= 15 is 0 Å². The van der Waals surface area contributed by atoms with Gasteiger partial charge in [0.1, 0.15) is 5.76 Å². The molecule has 9 heteroatoms. The fourth-order valence-corrected chi connectivity index (χ4v) is 4.76. The third kappa shape index (κ3) is 4.75. The van der Waals surface area contributed by atoms with E-state index in [9.17, 15) is 13.2 Å². The van der Waals surface area contributed by atoms with Crippen molar-refractivity contribution in [1.29, 1.82) is 0 Å². The van der Waals surface area contributed by atoms with Gasteiger partial charge < -0.3 is 13.7 Å². The number of nitrogens with zero attached hydrogens (tertiary/aromatic N) is 1. The van der Waals surface area contributed by atoms with Crippen molar-refractivity contribution >= 4 is 38.9 Å². The third-order valence-corrected chi connectivity index (χ3v) is 6.93. The Balaban J connectivity index is 1.64. The van der Waals surface area contributed by atoms with E-state index in [1.165, 1.54) is 35.4 Å². The summed E-state index contributed by atoms with van der Waals surface area (Å²) >= 11 is 12.3. The molecule has 0 unspecified atom stereocenters. The van der Waals surface area contributed by atoms with Gasteiger partial charge in [-0.1, -0.05) is 47.5 Å². The Hall–Kier alpha value is -3.00. The van der Waals surface area contributed by atoms with Crippen LogP contribution < -0.4 is 0 Å². The topological polar surface area (TPSA) is 80.7 Å². The monoisotopic (exact) mass is 489 g/mol.